The van der Waals surface area contributed by atoms with Gasteiger partial charge in [0.2, 0.25) is 5.60 Å². The van der Waals surface area contributed by atoms with E-state index < -0.39 is 29.1 Å². The van der Waals surface area contributed by atoms with Crippen molar-refractivity contribution in [1.82, 2.24) is 0 Å². The first-order chi connectivity index (χ1) is 9.94. The SMILES string of the molecule is C#CC(O)(C=Cc1ccc(C#N)c(C(F)(F)F)c1)C(F)(F)F. The first-order valence-corrected chi connectivity index (χ1v) is 5.52. The van der Waals surface area contributed by atoms with Gasteiger partial charge in [0.1, 0.15) is 0 Å². The fraction of sp³-hybridized carbons (Fsp3) is 0.214. The van der Waals surface area contributed by atoms with Crippen LogP contribution in [0, 0.1) is 23.7 Å². The molecule has 1 aromatic carbocycles. The summed E-state index contributed by atoms with van der Waals surface area (Å²) in [6, 6.07) is 3.63. The van der Waals surface area contributed by atoms with Gasteiger partial charge in [-0.2, -0.15) is 31.6 Å². The lowest BCUT2D eigenvalue weighted by atomic mass is 10.00. The summed E-state index contributed by atoms with van der Waals surface area (Å²) < 4.78 is 75.7. The highest BCUT2D eigenvalue weighted by Gasteiger charge is 2.51. The Labute approximate surface area is 121 Å². The van der Waals surface area contributed by atoms with Gasteiger partial charge in [0.25, 0.3) is 0 Å². The Bertz CT molecular complexity index is 675. The van der Waals surface area contributed by atoms with Crippen LogP contribution in [-0.4, -0.2) is 16.9 Å². The predicted octanol–water partition coefficient (Wildman–Crippen LogP) is 3.52. The van der Waals surface area contributed by atoms with Crippen LogP contribution in [0.5, 0.6) is 0 Å². The largest absolute Gasteiger partial charge is 0.432 e. The third kappa shape index (κ3) is 3.60. The van der Waals surface area contributed by atoms with E-state index in [0.29, 0.717) is 12.1 Å². The van der Waals surface area contributed by atoms with Gasteiger partial charge in [0.15, 0.2) is 0 Å². The molecule has 2 nitrogen and oxygen atoms in total. The van der Waals surface area contributed by atoms with Gasteiger partial charge >= 0.3 is 12.4 Å². The highest BCUT2D eigenvalue weighted by atomic mass is 19.4. The van der Waals surface area contributed by atoms with E-state index in [1.54, 1.807) is 0 Å². The molecular formula is C14H7F6NO. The van der Waals surface area contributed by atoms with E-state index in [-0.39, 0.29) is 11.6 Å². The number of nitriles is 1. The van der Waals surface area contributed by atoms with Crippen molar-refractivity contribution in [3.05, 3.63) is 41.0 Å². The van der Waals surface area contributed by atoms with Crippen LogP contribution in [-0.2, 0) is 6.18 Å². The lowest BCUT2D eigenvalue weighted by Crippen LogP contribution is -2.41. The van der Waals surface area contributed by atoms with Gasteiger partial charge in [-0.05, 0) is 23.8 Å². The van der Waals surface area contributed by atoms with Crippen molar-refractivity contribution in [2.45, 2.75) is 18.0 Å². The standard InChI is InChI=1S/C14H7F6NO/c1-2-12(22,14(18,19)20)6-5-9-3-4-10(8-21)11(7-9)13(15,16)17/h1,3-7,22H. The molecule has 0 aromatic heterocycles. The Kier molecular flexibility index (Phi) is 4.59. The smallest absolute Gasteiger partial charge is 0.367 e. The van der Waals surface area contributed by atoms with Gasteiger partial charge in [-0.15, -0.1) is 6.42 Å². The molecule has 0 bridgehead atoms. The lowest BCUT2D eigenvalue weighted by Gasteiger charge is -2.21. The number of halogens is 6. The molecule has 0 fully saturated rings. The quantitative estimate of drug-likeness (QED) is 0.669. The van der Waals surface area contributed by atoms with Crippen molar-refractivity contribution < 1.29 is 31.4 Å². The molecule has 0 spiro atoms. The molecule has 8 heteroatoms. The van der Waals surface area contributed by atoms with Gasteiger partial charge < -0.3 is 5.11 Å². The van der Waals surface area contributed by atoms with Gasteiger partial charge in [-0.25, -0.2) is 0 Å². The summed E-state index contributed by atoms with van der Waals surface area (Å²) in [4.78, 5) is 0. The van der Waals surface area contributed by atoms with Crippen molar-refractivity contribution in [1.29, 1.82) is 5.26 Å². The molecule has 1 rings (SSSR count). The van der Waals surface area contributed by atoms with Crippen LogP contribution < -0.4 is 0 Å². The number of rotatable bonds is 2. The molecule has 0 aliphatic carbocycles. The van der Waals surface area contributed by atoms with Crippen LogP contribution in [0.1, 0.15) is 16.7 Å². The van der Waals surface area contributed by atoms with Crippen LogP contribution in [0.2, 0.25) is 0 Å². The first kappa shape index (κ1) is 17.6. The maximum atomic E-state index is 12.7. The second-order valence-corrected chi connectivity index (χ2v) is 4.16. The topological polar surface area (TPSA) is 44.0 Å². The molecule has 1 atom stereocenters. The molecule has 22 heavy (non-hydrogen) atoms. The number of hydrogen-bond acceptors (Lipinski definition) is 2. The van der Waals surface area contributed by atoms with E-state index in [1.807, 2.05) is 0 Å². The van der Waals surface area contributed by atoms with Gasteiger partial charge in [0, 0.05) is 0 Å². The summed E-state index contributed by atoms with van der Waals surface area (Å²) in [6.07, 6.45) is -4.66. The fourth-order valence-electron chi connectivity index (χ4n) is 1.44. The molecule has 0 saturated heterocycles. The number of nitrogens with zero attached hydrogens (tertiary/aromatic N) is 1. The molecule has 0 radical (unpaired) electrons. The highest BCUT2D eigenvalue weighted by molar-refractivity contribution is 5.56. The van der Waals surface area contributed by atoms with Gasteiger partial charge in [0.05, 0.1) is 17.2 Å². The normalized spacial score (nSPS) is 15.1. The van der Waals surface area contributed by atoms with E-state index in [2.05, 4.69) is 6.42 Å². The van der Waals surface area contributed by atoms with Crippen molar-refractivity contribution in [2.75, 3.05) is 0 Å². The molecule has 116 valence electrons. The molecule has 0 heterocycles. The summed E-state index contributed by atoms with van der Waals surface area (Å²) in [5.41, 5.74) is -5.87. The zero-order valence-corrected chi connectivity index (χ0v) is 10.6. The summed E-state index contributed by atoms with van der Waals surface area (Å²) >= 11 is 0. The Hall–Kier alpha value is -2.45. The second kappa shape index (κ2) is 5.74. The maximum absolute atomic E-state index is 12.7. The minimum Gasteiger partial charge on any atom is -0.367 e. The van der Waals surface area contributed by atoms with Crippen molar-refractivity contribution in [3.63, 3.8) is 0 Å². The summed E-state index contributed by atoms with van der Waals surface area (Å²) in [5, 5.41) is 17.8. The van der Waals surface area contributed by atoms with Crippen molar-refractivity contribution >= 4 is 6.08 Å². The average Bonchev–Trinajstić information content (AvgIpc) is 2.42. The average molecular weight is 319 g/mol. The van der Waals surface area contributed by atoms with E-state index in [9.17, 15) is 31.4 Å². The van der Waals surface area contributed by atoms with Crippen molar-refractivity contribution in [2.24, 2.45) is 0 Å². The maximum Gasteiger partial charge on any atom is 0.432 e. The number of terminal acetylenes is 1. The molecular weight excluding hydrogens is 312 g/mol. The summed E-state index contributed by atoms with van der Waals surface area (Å²) in [5.74, 6) is 1.13. The molecule has 1 unspecified atom stereocenters. The number of alkyl halides is 6. The minimum absolute atomic E-state index is 0.161. The Balaban J connectivity index is 3.30. The molecule has 1 N–H and O–H groups in total. The minimum atomic E-state index is -5.18. The molecule has 0 saturated carbocycles. The summed E-state index contributed by atoms with van der Waals surface area (Å²) in [6.45, 7) is 0. The first-order valence-electron chi connectivity index (χ1n) is 5.52. The zero-order valence-electron chi connectivity index (χ0n) is 10.6. The van der Waals surface area contributed by atoms with E-state index >= 15 is 0 Å². The third-order valence-corrected chi connectivity index (χ3v) is 2.64. The lowest BCUT2D eigenvalue weighted by molar-refractivity contribution is -0.216. The van der Waals surface area contributed by atoms with E-state index in [0.717, 1.165) is 18.1 Å². The number of benzene rings is 1. The van der Waals surface area contributed by atoms with Gasteiger partial charge in [-0.1, -0.05) is 18.1 Å². The summed E-state index contributed by atoms with van der Waals surface area (Å²) in [7, 11) is 0. The molecule has 0 aliphatic heterocycles. The predicted molar refractivity (Wildman–Crippen MR) is 65.0 cm³/mol. The molecule has 0 aliphatic rings. The Morgan fingerprint density at radius 3 is 2.14 bits per heavy atom. The number of aliphatic hydroxyl groups is 1. The monoisotopic (exact) mass is 319 g/mol. The van der Waals surface area contributed by atoms with E-state index in [1.165, 1.54) is 6.07 Å². The fourth-order valence-corrected chi connectivity index (χ4v) is 1.44. The van der Waals surface area contributed by atoms with Crippen LogP contribution in [0.4, 0.5) is 26.3 Å². The Morgan fingerprint density at radius 1 is 1.14 bits per heavy atom. The molecule has 1 aromatic rings. The van der Waals surface area contributed by atoms with Crippen LogP contribution in [0.15, 0.2) is 24.3 Å². The number of hydrogen-bond donors (Lipinski definition) is 1. The Morgan fingerprint density at radius 2 is 1.73 bits per heavy atom. The second-order valence-electron chi connectivity index (χ2n) is 4.16. The zero-order chi connectivity index (χ0) is 17.2. The highest BCUT2D eigenvalue weighted by Crippen LogP contribution is 2.34. The van der Waals surface area contributed by atoms with Gasteiger partial charge in [-0.3, -0.25) is 0 Å². The van der Waals surface area contributed by atoms with Crippen molar-refractivity contribution in [3.8, 4) is 18.4 Å². The third-order valence-electron chi connectivity index (χ3n) is 2.64. The van der Waals surface area contributed by atoms with Crippen LogP contribution >= 0.6 is 0 Å². The van der Waals surface area contributed by atoms with Crippen LogP contribution in [0.3, 0.4) is 0 Å². The molecule has 0 amide bonds. The van der Waals surface area contributed by atoms with E-state index in [4.69, 9.17) is 5.26 Å². The van der Waals surface area contributed by atoms with Crippen LogP contribution in [0.25, 0.3) is 6.08 Å².